The van der Waals surface area contributed by atoms with Crippen LogP contribution in [0.5, 0.6) is 0 Å². The Morgan fingerprint density at radius 3 is 2.47 bits per heavy atom. The molecule has 0 radical (unpaired) electrons. The van der Waals surface area contributed by atoms with Crippen molar-refractivity contribution >= 4 is 23.5 Å². The smallest absolute Gasteiger partial charge is 0.339 e. The molecule has 0 spiro atoms. The lowest BCUT2D eigenvalue weighted by molar-refractivity contribution is 0.0471. The number of ketones is 1. The van der Waals surface area contributed by atoms with Gasteiger partial charge >= 0.3 is 5.97 Å². The van der Waals surface area contributed by atoms with Crippen molar-refractivity contribution in [2.45, 2.75) is 30.2 Å². The van der Waals surface area contributed by atoms with Crippen molar-refractivity contribution in [1.82, 2.24) is 4.57 Å². The summed E-state index contributed by atoms with van der Waals surface area (Å²) in [5.41, 5.74) is 3.09. The fourth-order valence-corrected chi connectivity index (χ4v) is 4.68. The summed E-state index contributed by atoms with van der Waals surface area (Å²) in [7, 11) is 0. The number of carbonyl (C=O) groups excluding carboxylic acids is 2. The van der Waals surface area contributed by atoms with Crippen molar-refractivity contribution in [3.8, 4) is 6.07 Å². The molecule has 0 aliphatic rings. The van der Waals surface area contributed by atoms with Crippen LogP contribution in [0.15, 0.2) is 87.2 Å². The van der Waals surface area contributed by atoms with Crippen LogP contribution in [-0.2, 0) is 11.3 Å². The van der Waals surface area contributed by atoms with E-state index in [1.807, 2.05) is 48.7 Å². The van der Waals surface area contributed by atoms with Crippen molar-refractivity contribution in [3.63, 3.8) is 0 Å². The van der Waals surface area contributed by atoms with E-state index in [0.717, 1.165) is 22.0 Å². The molecule has 0 saturated carbocycles. The Kier molecular flexibility index (Phi) is 7.00. The summed E-state index contributed by atoms with van der Waals surface area (Å²) in [4.78, 5) is 27.1. The van der Waals surface area contributed by atoms with Crippen LogP contribution in [0.2, 0.25) is 0 Å². The zero-order chi connectivity index (χ0) is 24.1. The minimum absolute atomic E-state index is 0.271. The number of Topliss-reactive ketones (excluding diaryl/α,β-unsaturated/α-hetero) is 1. The molecular formula is C27H22N2O4S. The standard InChI is InChI=1S/C27H22N2O4S/c1-18-14-23(19(2)29(18)16-21-9-7-13-32-21)24(30)17-33-27(31)22-10-4-6-12-26(22)34-25-11-5-3-8-20(25)15-28/h3-14H,16-17H2,1-2H3. The van der Waals surface area contributed by atoms with Gasteiger partial charge in [0.05, 0.1) is 23.9 Å². The highest BCUT2D eigenvalue weighted by molar-refractivity contribution is 7.99. The summed E-state index contributed by atoms with van der Waals surface area (Å²) in [5.74, 6) is -0.0679. The van der Waals surface area contributed by atoms with Gasteiger partial charge in [-0.05, 0) is 56.3 Å². The van der Waals surface area contributed by atoms with Gasteiger partial charge in [0.2, 0.25) is 5.78 Å². The molecule has 0 fully saturated rings. The summed E-state index contributed by atoms with van der Waals surface area (Å²) in [6.45, 7) is 3.94. The molecular weight excluding hydrogens is 448 g/mol. The third-order valence-corrected chi connectivity index (χ3v) is 6.59. The van der Waals surface area contributed by atoms with E-state index >= 15 is 0 Å². The van der Waals surface area contributed by atoms with Crippen LogP contribution in [-0.4, -0.2) is 22.9 Å². The Balaban J connectivity index is 1.47. The molecule has 4 aromatic rings. The van der Waals surface area contributed by atoms with Crippen LogP contribution in [0.1, 0.15) is 43.4 Å². The summed E-state index contributed by atoms with van der Waals surface area (Å²) in [6, 6.07) is 21.8. The first kappa shape index (κ1) is 23.1. The average molecular weight is 471 g/mol. The van der Waals surface area contributed by atoms with Gasteiger partial charge in [-0.1, -0.05) is 36.0 Å². The van der Waals surface area contributed by atoms with Crippen LogP contribution in [0, 0.1) is 25.2 Å². The number of hydrogen-bond acceptors (Lipinski definition) is 6. The summed E-state index contributed by atoms with van der Waals surface area (Å²) >= 11 is 1.31. The average Bonchev–Trinajstić information content (AvgIpc) is 3.47. The minimum Gasteiger partial charge on any atom is -0.467 e. The molecule has 2 aromatic heterocycles. The lowest BCUT2D eigenvalue weighted by Crippen LogP contribution is -2.15. The van der Waals surface area contributed by atoms with Crippen molar-refractivity contribution in [2.24, 2.45) is 0 Å². The number of rotatable bonds is 8. The fourth-order valence-electron chi connectivity index (χ4n) is 3.66. The van der Waals surface area contributed by atoms with Gasteiger partial charge in [0, 0.05) is 26.7 Å². The predicted octanol–water partition coefficient (Wildman–Crippen LogP) is 5.81. The van der Waals surface area contributed by atoms with Crippen molar-refractivity contribution in [2.75, 3.05) is 6.61 Å². The molecule has 2 heterocycles. The summed E-state index contributed by atoms with van der Waals surface area (Å²) < 4.78 is 12.8. The van der Waals surface area contributed by atoms with Crippen LogP contribution >= 0.6 is 11.8 Å². The second kappa shape index (κ2) is 10.3. The highest BCUT2D eigenvalue weighted by Gasteiger charge is 2.20. The number of aryl methyl sites for hydroxylation is 1. The van der Waals surface area contributed by atoms with Crippen LogP contribution in [0.25, 0.3) is 0 Å². The molecule has 0 aliphatic heterocycles. The van der Waals surface area contributed by atoms with Gasteiger partial charge in [0.15, 0.2) is 6.61 Å². The van der Waals surface area contributed by atoms with Gasteiger partial charge in [-0.3, -0.25) is 4.79 Å². The highest BCUT2D eigenvalue weighted by Crippen LogP contribution is 2.33. The van der Waals surface area contributed by atoms with Gasteiger partial charge in [0.1, 0.15) is 11.8 Å². The first-order valence-electron chi connectivity index (χ1n) is 10.6. The summed E-state index contributed by atoms with van der Waals surface area (Å²) in [6.07, 6.45) is 1.62. The Labute approximate surface area is 201 Å². The third-order valence-electron chi connectivity index (χ3n) is 5.44. The number of furan rings is 1. The largest absolute Gasteiger partial charge is 0.467 e. The number of nitriles is 1. The number of aromatic nitrogens is 1. The molecule has 0 aliphatic carbocycles. The SMILES string of the molecule is Cc1cc(C(=O)COC(=O)c2ccccc2Sc2ccccc2C#N)c(C)n1Cc1ccco1. The minimum atomic E-state index is -0.588. The first-order chi connectivity index (χ1) is 16.5. The molecule has 34 heavy (non-hydrogen) atoms. The Morgan fingerprint density at radius 2 is 1.74 bits per heavy atom. The number of ether oxygens (including phenoxy) is 1. The van der Waals surface area contributed by atoms with Crippen LogP contribution in [0.3, 0.4) is 0 Å². The molecule has 4 rings (SSSR count). The van der Waals surface area contributed by atoms with E-state index in [2.05, 4.69) is 6.07 Å². The van der Waals surface area contributed by atoms with Gasteiger partial charge in [-0.25, -0.2) is 4.79 Å². The Bertz CT molecular complexity index is 1380. The normalized spacial score (nSPS) is 10.6. The number of hydrogen-bond donors (Lipinski definition) is 0. The topological polar surface area (TPSA) is 85.2 Å². The molecule has 0 amide bonds. The van der Waals surface area contributed by atoms with Gasteiger partial charge < -0.3 is 13.7 Å². The molecule has 0 bridgehead atoms. The fraction of sp³-hybridized carbons (Fsp3) is 0.148. The number of carbonyl (C=O) groups is 2. The van der Waals surface area contributed by atoms with E-state index in [-0.39, 0.29) is 12.4 Å². The lowest BCUT2D eigenvalue weighted by Gasteiger charge is -2.10. The molecule has 0 saturated heterocycles. The van der Waals surface area contributed by atoms with E-state index in [1.54, 1.807) is 42.7 Å². The van der Waals surface area contributed by atoms with E-state index < -0.39 is 5.97 Å². The van der Waals surface area contributed by atoms with Crippen molar-refractivity contribution < 1.29 is 18.7 Å². The van der Waals surface area contributed by atoms with Gasteiger partial charge in [0.25, 0.3) is 0 Å². The first-order valence-corrected chi connectivity index (χ1v) is 11.4. The quantitative estimate of drug-likeness (QED) is 0.239. The van der Waals surface area contributed by atoms with Crippen molar-refractivity contribution in [1.29, 1.82) is 5.26 Å². The monoisotopic (exact) mass is 470 g/mol. The molecule has 7 heteroatoms. The number of benzene rings is 2. The van der Waals surface area contributed by atoms with Crippen LogP contribution < -0.4 is 0 Å². The van der Waals surface area contributed by atoms with E-state index in [0.29, 0.717) is 28.1 Å². The molecule has 0 atom stereocenters. The Morgan fingerprint density at radius 1 is 1.00 bits per heavy atom. The third kappa shape index (κ3) is 4.98. The lowest BCUT2D eigenvalue weighted by atomic mass is 10.1. The van der Waals surface area contributed by atoms with Crippen molar-refractivity contribution in [3.05, 3.63) is 107 Å². The molecule has 170 valence electrons. The maximum absolute atomic E-state index is 12.9. The second-order valence-electron chi connectivity index (χ2n) is 7.66. The number of nitrogens with zero attached hydrogens (tertiary/aromatic N) is 2. The second-order valence-corrected chi connectivity index (χ2v) is 8.74. The predicted molar refractivity (Wildman–Crippen MR) is 128 cm³/mol. The maximum Gasteiger partial charge on any atom is 0.339 e. The van der Waals surface area contributed by atoms with Gasteiger partial charge in [-0.2, -0.15) is 5.26 Å². The molecule has 6 nitrogen and oxygen atoms in total. The van der Waals surface area contributed by atoms with E-state index in [1.165, 1.54) is 11.8 Å². The molecule has 0 unspecified atom stereocenters. The molecule has 0 N–H and O–H groups in total. The molecule has 2 aromatic carbocycles. The number of esters is 1. The van der Waals surface area contributed by atoms with E-state index in [9.17, 15) is 14.9 Å². The summed E-state index contributed by atoms with van der Waals surface area (Å²) in [5, 5.41) is 9.34. The zero-order valence-electron chi connectivity index (χ0n) is 18.8. The highest BCUT2D eigenvalue weighted by atomic mass is 32.2. The Hall–Kier alpha value is -4.02. The van der Waals surface area contributed by atoms with E-state index in [4.69, 9.17) is 9.15 Å². The van der Waals surface area contributed by atoms with Crippen LogP contribution in [0.4, 0.5) is 0 Å². The van der Waals surface area contributed by atoms with Gasteiger partial charge in [-0.15, -0.1) is 0 Å². The maximum atomic E-state index is 12.9. The zero-order valence-corrected chi connectivity index (χ0v) is 19.6.